The summed E-state index contributed by atoms with van der Waals surface area (Å²) in [6, 6.07) is 18.6. The predicted octanol–water partition coefficient (Wildman–Crippen LogP) is 5.91. The van der Waals surface area contributed by atoms with E-state index in [9.17, 15) is 9.59 Å². The minimum Gasteiger partial charge on any atom is -0.463 e. The molecular weight excluding hydrogens is 618 g/mol. The van der Waals surface area contributed by atoms with Crippen LogP contribution in [0.15, 0.2) is 100 Å². The summed E-state index contributed by atoms with van der Waals surface area (Å²) in [5.74, 6) is 0.0600. The Labute approximate surface area is 243 Å². The Balaban J connectivity index is 1.39. The van der Waals surface area contributed by atoms with Gasteiger partial charge in [-0.05, 0) is 67.6 Å². The van der Waals surface area contributed by atoms with Crippen LogP contribution >= 0.6 is 50.4 Å². The molecule has 5 aromatic rings. The van der Waals surface area contributed by atoms with Crippen molar-refractivity contribution in [2.24, 2.45) is 4.99 Å². The van der Waals surface area contributed by atoms with E-state index in [4.69, 9.17) is 9.15 Å². The van der Waals surface area contributed by atoms with Gasteiger partial charge in [-0.1, -0.05) is 51.5 Å². The Kier molecular flexibility index (Phi) is 7.15. The van der Waals surface area contributed by atoms with Crippen LogP contribution in [0.4, 0.5) is 0 Å². The first-order valence-electron chi connectivity index (χ1n) is 12.0. The van der Waals surface area contributed by atoms with Crippen molar-refractivity contribution in [1.82, 2.24) is 9.55 Å². The fourth-order valence-corrected chi connectivity index (χ4v) is 7.77. The average molecular weight is 639 g/mol. The molecule has 6 rings (SSSR count). The summed E-state index contributed by atoms with van der Waals surface area (Å²) < 4.78 is 16.2. The van der Waals surface area contributed by atoms with E-state index in [0.29, 0.717) is 31.5 Å². The van der Waals surface area contributed by atoms with E-state index in [1.54, 1.807) is 35.8 Å². The Morgan fingerprint density at radius 3 is 2.82 bits per heavy atom. The van der Waals surface area contributed by atoms with Gasteiger partial charge in [0, 0.05) is 10.5 Å². The molecule has 196 valence electrons. The molecule has 1 aliphatic heterocycles. The molecule has 39 heavy (non-hydrogen) atoms. The van der Waals surface area contributed by atoms with E-state index in [0.717, 1.165) is 24.6 Å². The molecule has 0 amide bonds. The van der Waals surface area contributed by atoms with Crippen molar-refractivity contribution in [3.63, 3.8) is 0 Å². The molecule has 0 fully saturated rings. The van der Waals surface area contributed by atoms with Gasteiger partial charge in [0.25, 0.3) is 5.56 Å². The van der Waals surface area contributed by atoms with Gasteiger partial charge < -0.3 is 9.15 Å². The Hall–Kier alpha value is -3.25. The topological polar surface area (TPSA) is 86.7 Å². The number of fused-ring (bicyclic) bond motifs is 2. The molecule has 0 saturated carbocycles. The largest absolute Gasteiger partial charge is 0.463 e. The number of halogens is 1. The van der Waals surface area contributed by atoms with Crippen molar-refractivity contribution < 1.29 is 13.9 Å². The molecule has 2 aromatic carbocycles. The molecule has 1 atom stereocenters. The number of rotatable bonds is 6. The summed E-state index contributed by atoms with van der Waals surface area (Å²) in [5.41, 5.74) is 2.35. The van der Waals surface area contributed by atoms with Crippen molar-refractivity contribution >= 4 is 72.6 Å². The molecule has 0 aliphatic carbocycles. The van der Waals surface area contributed by atoms with Crippen molar-refractivity contribution in [3.8, 4) is 0 Å². The zero-order chi connectivity index (χ0) is 27.1. The number of benzene rings is 2. The molecule has 4 heterocycles. The predicted molar refractivity (Wildman–Crippen MR) is 157 cm³/mol. The zero-order valence-electron chi connectivity index (χ0n) is 20.7. The number of nitrogens with zero attached hydrogens (tertiary/aromatic N) is 3. The molecule has 0 bridgehead atoms. The summed E-state index contributed by atoms with van der Waals surface area (Å²) in [6.45, 7) is 3.75. The number of esters is 1. The summed E-state index contributed by atoms with van der Waals surface area (Å²) in [6.07, 6.45) is 1.72. The van der Waals surface area contributed by atoms with Crippen molar-refractivity contribution in [1.29, 1.82) is 0 Å². The second-order valence-corrected chi connectivity index (χ2v) is 12.8. The second-order valence-electron chi connectivity index (χ2n) is 8.56. The second kappa shape index (κ2) is 10.7. The molecule has 0 N–H and O–H groups in total. The van der Waals surface area contributed by atoms with E-state index in [2.05, 4.69) is 25.9 Å². The smallest absolute Gasteiger partial charge is 0.338 e. The highest BCUT2D eigenvalue weighted by Crippen LogP contribution is 2.35. The van der Waals surface area contributed by atoms with Crippen molar-refractivity contribution in [2.75, 3.05) is 6.61 Å². The maximum atomic E-state index is 13.8. The highest BCUT2D eigenvalue weighted by Gasteiger charge is 2.33. The van der Waals surface area contributed by atoms with Gasteiger partial charge >= 0.3 is 5.97 Å². The molecule has 1 aliphatic rings. The number of ether oxygens (including phenoxy) is 1. The van der Waals surface area contributed by atoms with Crippen LogP contribution in [0.2, 0.25) is 0 Å². The van der Waals surface area contributed by atoms with Gasteiger partial charge in [0.1, 0.15) is 5.76 Å². The number of allylic oxidation sites excluding steroid dienone is 1. The summed E-state index contributed by atoms with van der Waals surface area (Å²) >= 11 is 7.82. The minimum absolute atomic E-state index is 0.223. The first kappa shape index (κ1) is 26.0. The molecule has 3 aromatic heterocycles. The van der Waals surface area contributed by atoms with Gasteiger partial charge in [-0.15, -0.1) is 11.3 Å². The summed E-state index contributed by atoms with van der Waals surface area (Å²) in [7, 11) is 0. The van der Waals surface area contributed by atoms with Crippen LogP contribution in [0.3, 0.4) is 0 Å². The summed E-state index contributed by atoms with van der Waals surface area (Å²) in [4.78, 5) is 36.5. The maximum Gasteiger partial charge on any atom is 0.338 e. The standard InChI is InChI=1S/C28H20BrN3O4S3/c1-3-35-26(34)23-15(2)30-27-32(24(23)16-7-6-8-17(29)13-16)25(33)21(37-27)14-18-11-12-22(36-18)39-28-31-19-9-4-5-10-20(19)38-28/h4-14,24H,3H2,1-2H3/b21-14-/t24-/m0/s1. The molecule has 0 radical (unpaired) electrons. The zero-order valence-corrected chi connectivity index (χ0v) is 24.7. The van der Waals surface area contributed by atoms with E-state index < -0.39 is 12.0 Å². The molecule has 0 spiro atoms. The first-order chi connectivity index (χ1) is 18.9. The number of carbonyl (C=O) groups excluding carboxylic acids is 1. The monoisotopic (exact) mass is 637 g/mol. The van der Waals surface area contributed by atoms with E-state index in [1.165, 1.54) is 23.1 Å². The van der Waals surface area contributed by atoms with Gasteiger partial charge in [-0.3, -0.25) is 9.36 Å². The van der Waals surface area contributed by atoms with Crippen LogP contribution < -0.4 is 14.9 Å². The molecule has 0 saturated heterocycles. The fraction of sp³-hybridized carbons (Fsp3) is 0.143. The lowest BCUT2D eigenvalue weighted by Crippen LogP contribution is -2.39. The average Bonchev–Trinajstić information content (AvgIpc) is 3.61. The normalized spacial score (nSPS) is 15.5. The number of furan rings is 1. The van der Waals surface area contributed by atoms with Crippen molar-refractivity contribution in [3.05, 3.63) is 107 Å². The van der Waals surface area contributed by atoms with Crippen molar-refractivity contribution in [2.45, 2.75) is 29.3 Å². The lowest BCUT2D eigenvalue weighted by molar-refractivity contribution is -0.139. The lowest BCUT2D eigenvalue weighted by atomic mass is 9.96. The number of carbonyl (C=O) groups is 1. The third kappa shape index (κ3) is 5.07. The highest BCUT2D eigenvalue weighted by atomic mass is 79.9. The van der Waals surface area contributed by atoms with Crippen LogP contribution in [0, 0.1) is 0 Å². The Morgan fingerprint density at radius 1 is 1.18 bits per heavy atom. The SMILES string of the molecule is CCOC(=O)C1=C(C)N=c2s/c(=C\c3ccc(Sc4nc5ccccc5s4)o3)c(=O)n2[C@H]1c1cccc(Br)c1. The third-order valence-corrected chi connectivity index (χ3v) is 9.51. The summed E-state index contributed by atoms with van der Waals surface area (Å²) in [5, 5.41) is 0.681. The van der Waals surface area contributed by atoms with E-state index >= 15 is 0 Å². The number of para-hydroxylation sites is 1. The van der Waals surface area contributed by atoms with Crippen LogP contribution in [-0.4, -0.2) is 22.1 Å². The third-order valence-electron chi connectivity index (χ3n) is 6.02. The quantitative estimate of drug-likeness (QED) is 0.215. The van der Waals surface area contributed by atoms with Crippen LogP contribution in [0.25, 0.3) is 16.3 Å². The Bertz CT molecular complexity index is 1920. The van der Waals surface area contributed by atoms with Gasteiger partial charge in [-0.2, -0.15) is 0 Å². The lowest BCUT2D eigenvalue weighted by Gasteiger charge is -2.24. The molecule has 7 nitrogen and oxygen atoms in total. The first-order valence-corrected chi connectivity index (χ1v) is 15.2. The van der Waals surface area contributed by atoms with Crippen LogP contribution in [0.1, 0.15) is 31.2 Å². The molecular formula is C28H20BrN3O4S3. The number of aromatic nitrogens is 2. The number of hydrogen-bond acceptors (Lipinski definition) is 9. The van der Waals surface area contributed by atoms with Gasteiger partial charge in [-0.25, -0.2) is 14.8 Å². The molecule has 0 unspecified atom stereocenters. The van der Waals surface area contributed by atoms with Gasteiger partial charge in [0.2, 0.25) is 0 Å². The van der Waals surface area contributed by atoms with Gasteiger partial charge in [0.05, 0.1) is 38.7 Å². The maximum absolute atomic E-state index is 13.8. The fourth-order valence-electron chi connectivity index (χ4n) is 4.36. The highest BCUT2D eigenvalue weighted by molar-refractivity contribution is 9.10. The van der Waals surface area contributed by atoms with E-state index in [1.807, 2.05) is 60.7 Å². The Morgan fingerprint density at radius 2 is 2.03 bits per heavy atom. The molecule has 11 heteroatoms. The van der Waals surface area contributed by atoms with Crippen LogP contribution in [-0.2, 0) is 9.53 Å². The van der Waals surface area contributed by atoms with E-state index in [-0.39, 0.29) is 12.2 Å². The van der Waals surface area contributed by atoms with Crippen LogP contribution in [0.5, 0.6) is 0 Å². The number of hydrogen-bond donors (Lipinski definition) is 0. The van der Waals surface area contributed by atoms with Gasteiger partial charge in [0.15, 0.2) is 14.2 Å². The minimum atomic E-state index is -0.665. The number of thiazole rings is 2.